The van der Waals surface area contributed by atoms with E-state index < -0.39 is 9.84 Å². The smallest absolute Gasteiger partial charge is 0.175 e. The van der Waals surface area contributed by atoms with Gasteiger partial charge in [-0.2, -0.15) is 0 Å². The Morgan fingerprint density at radius 3 is 2.23 bits per heavy atom. The molecule has 1 heterocycles. The molecule has 0 aromatic heterocycles. The second-order valence-corrected chi connectivity index (χ2v) is 8.61. The van der Waals surface area contributed by atoms with Gasteiger partial charge in [-0.15, -0.1) is 0 Å². The van der Waals surface area contributed by atoms with Crippen LogP contribution >= 0.6 is 0 Å². The topological polar surface area (TPSA) is 64.6 Å². The van der Waals surface area contributed by atoms with Crippen molar-refractivity contribution >= 4 is 15.5 Å². The molecule has 0 radical (unpaired) electrons. The van der Waals surface area contributed by atoms with Crippen LogP contribution < -0.4 is 5.32 Å². The first-order valence-corrected chi connectivity index (χ1v) is 10.7. The molecule has 0 aliphatic carbocycles. The van der Waals surface area contributed by atoms with Crippen molar-refractivity contribution in [2.45, 2.75) is 37.0 Å². The maximum atomic E-state index is 11.5. The van der Waals surface area contributed by atoms with Crippen molar-refractivity contribution in [3.8, 4) is 0 Å². The maximum absolute atomic E-state index is 11.5. The zero-order valence-electron chi connectivity index (χ0n) is 15.0. The Labute approximate surface area is 155 Å². The summed E-state index contributed by atoms with van der Waals surface area (Å²) in [6.07, 6.45) is 3.46. The first kappa shape index (κ1) is 18.9. The molecule has 1 aliphatic heterocycles. The van der Waals surface area contributed by atoms with Gasteiger partial charge >= 0.3 is 0 Å². The molecular weight excluding hydrogens is 350 g/mol. The highest BCUT2D eigenvalue weighted by Crippen LogP contribution is 2.16. The summed E-state index contributed by atoms with van der Waals surface area (Å²) >= 11 is 0. The number of sulfone groups is 1. The minimum Gasteiger partial charge on any atom is -0.381 e. The number of hydrogen-bond donors (Lipinski definition) is 1. The Kier molecular flexibility index (Phi) is 6.29. The molecule has 0 amide bonds. The highest BCUT2D eigenvalue weighted by Gasteiger charge is 2.13. The molecular formula is C20H25NO4S. The molecule has 1 fully saturated rings. The first-order valence-electron chi connectivity index (χ1n) is 8.82. The first-order chi connectivity index (χ1) is 12.5. The minimum absolute atomic E-state index is 0.306. The van der Waals surface area contributed by atoms with E-state index in [-0.39, 0.29) is 0 Å². The van der Waals surface area contributed by atoms with Gasteiger partial charge in [0.05, 0.1) is 17.6 Å². The second-order valence-electron chi connectivity index (χ2n) is 6.59. The van der Waals surface area contributed by atoms with Crippen LogP contribution in [0.5, 0.6) is 0 Å². The molecule has 2 aromatic rings. The Hall–Kier alpha value is -1.89. The third-order valence-electron chi connectivity index (χ3n) is 4.46. The summed E-state index contributed by atoms with van der Waals surface area (Å²) in [6, 6.07) is 15.1. The molecule has 6 heteroatoms. The van der Waals surface area contributed by atoms with Crippen molar-refractivity contribution in [2.24, 2.45) is 0 Å². The maximum Gasteiger partial charge on any atom is 0.175 e. The highest BCUT2D eigenvalue weighted by molar-refractivity contribution is 7.90. The highest BCUT2D eigenvalue weighted by atomic mass is 32.2. The normalized spacial score (nSPS) is 15.7. The van der Waals surface area contributed by atoms with Gasteiger partial charge in [0.25, 0.3) is 0 Å². The largest absolute Gasteiger partial charge is 0.381 e. The van der Waals surface area contributed by atoms with Gasteiger partial charge in [-0.3, -0.25) is 0 Å². The van der Waals surface area contributed by atoms with E-state index in [1.807, 2.05) is 0 Å². The number of benzene rings is 2. The fraction of sp³-hybridized carbons (Fsp3) is 0.400. The number of nitrogens with one attached hydrogen (secondary N) is 1. The quantitative estimate of drug-likeness (QED) is 0.804. The summed E-state index contributed by atoms with van der Waals surface area (Å²) in [5.74, 6) is 0. The van der Waals surface area contributed by atoms with Crippen molar-refractivity contribution in [2.75, 3.05) is 24.8 Å². The molecule has 0 bridgehead atoms. The summed E-state index contributed by atoms with van der Waals surface area (Å²) in [7, 11) is -3.15. The van der Waals surface area contributed by atoms with Gasteiger partial charge in [-0.05, 0) is 48.2 Å². The minimum atomic E-state index is -3.15. The number of hydrogen-bond acceptors (Lipinski definition) is 5. The molecule has 1 saturated heterocycles. The standard InChI is InChI=1S/C20H25NO4S/c1-26(22,23)20-8-6-18(7-9-20)21-14-16-2-4-17(5-3-16)15-25-19-10-12-24-13-11-19/h2-9,19,21H,10-15H2,1H3. The summed E-state index contributed by atoms with van der Waals surface area (Å²) in [6.45, 7) is 2.89. The number of ether oxygens (including phenoxy) is 2. The third-order valence-corrected chi connectivity index (χ3v) is 5.58. The van der Waals surface area contributed by atoms with Crippen LogP contribution in [0, 0.1) is 0 Å². The molecule has 3 rings (SSSR count). The molecule has 5 nitrogen and oxygen atoms in total. The van der Waals surface area contributed by atoms with E-state index in [9.17, 15) is 8.42 Å². The van der Waals surface area contributed by atoms with Gasteiger partial charge in [0.1, 0.15) is 0 Å². The van der Waals surface area contributed by atoms with Crippen LogP contribution in [0.4, 0.5) is 5.69 Å². The van der Waals surface area contributed by atoms with E-state index in [4.69, 9.17) is 9.47 Å². The Balaban J connectivity index is 1.48. The second kappa shape index (κ2) is 8.66. The average Bonchev–Trinajstić information content (AvgIpc) is 2.66. The van der Waals surface area contributed by atoms with Gasteiger partial charge in [-0.1, -0.05) is 24.3 Å². The summed E-state index contributed by atoms with van der Waals surface area (Å²) in [4.78, 5) is 0.330. The van der Waals surface area contributed by atoms with E-state index in [2.05, 4.69) is 29.6 Å². The van der Waals surface area contributed by atoms with E-state index in [1.165, 1.54) is 6.26 Å². The monoisotopic (exact) mass is 375 g/mol. The molecule has 0 atom stereocenters. The van der Waals surface area contributed by atoms with E-state index in [1.54, 1.807) is 24.3 Å². The Morgan fingerprint density at radius 2 is 1.62 bits per heavy atom. The third kappa shape index (κ3) is 5.56. The Bertz CT molecular complexity index is 795. The Morgan fingerprint density at radius 1 is 1.00 bits per heavy atom. The predicted octanol–water partition coefficient (Wildman–Crippen LogP) is 3.40. The van der Waals surface area contributed by atoms with Crippen molar-refractivity contribution in [1.82, 2.24) is 0 Å². The molecule has 0 unspecified atom stereocenters. The molecule has 140 valence electrons. The lowest BCUT2D eigenvalue weighted by Crippen LogP contribution is -2.23. The number of rotatable bonds is 7. The lowest BCUT2D eigenvalue weighted by molar-refractivity contribution is -0.0390. The van der Waals surface area contributed by atoms with Gasteiger partial charge in [0, 0.05) is 31.7 Å². The van der Waals surface area contributed by atoms with E-state index in [0.717, 1.165) is 42.9 Å². The SMILES string of the molecule is CS(=O)(=O)c1ccc(NCc2ccc(COC3CCOCC3)cc2)cc1. The van der Waals surface area contributed by atoms with Crippen molar-refractivity contribution < 1.29 is 17.9 Å². The summed E-state index contributed by atoms with van der Waals surface area (Å²) < 4.78 is 34.2. The van der Waals surface area contributed by atoms with Gasteiger partial charge < -0.3 is 14.8 Å². The van der Waals surface area contributed by atoms with Crippen LogP contribution in [0.1, 0.15) is 24.0 Å². The van der Waals surface area contributed by atoms with Crippen LogP contribution in [0.15, 0.2) is 53.4 Å². The lowest BCUT2D eigenvalue weighted by atomic mass is 10.1. The zero-order valence-corrected chi connectivity index (χ0v) is 15.8. The fourth-order valence-corrected chi connectivity index (χ4v) is 3.46. The van der Waals surface area contributed by atoms with Crippen molar-refractivity contribution in [3.63, 3.8) is 0 Å². The van der Waals surface area contributed by atoms with Crippen LogP contribution in [0.3, 0.4) is 0 Å². The van der Waals surface area contributed by atoms with Gasteiger partial charge in [-0.25, -0.2) is 8.42 Å². The van der Waals surface area contributed by atoms with Crippen LogP contribution in [-0.2, 0) is 32.5 Å². The van der Waals surface area contributed by atoms with Gasteiger partial charge in [0.15, 0.2) is 9.84 Å². The molecule has 1 N–H and O–H groups in total. The van der Waals surface area contributed by atoms with E-state index in [0.29, 0.717) is 24.2 Å². The number of anilines is 1. The average molecular weight is 375 g/mol. The molecule has 1 aliphatic rings. The van der Waals surface area contributed by atoms with Gasteiger partial charge in [0.2, 0.25) is 0 Å². The van der Waals surface area contributed by atoms with Crippen molar-refractivity contribution in [3.05, 3.63) is 59.7 Å². The molecule has 0 spiro atoms. The molecule has 26 heavy (non-hydrogen) atoms. The summed E-state index contributed by atoms with van der Waals surface area (Å²) in [5.41, 5.74) is 3.22. The summed E-state index contributed by atoms with van der Waals surface area (Å²) in [5, 5.41) is 3.30. The van der Waals surface area contributed by atoms with Crippen LogP contribution in [0.25, 0.3) is 0 Å². The van der Waals surface area contributed by atoms with Crippen LogP contribution in [-0.4, -0.2) is 34.0 Å². The predicted molar refractivity (Wildman–Crippen MR) is 102 cm³/mol. The zero-order chi connectivity index (χ0) is 18.4. The molecule has 0 saturated carbocycles. The van der Waals surface area contributed by atoms with Crippen molar-refractivity contribution in [1.29, 1.82) is 0 Å². The van der Waals surface area contributed by atoms with Crippen LogP contribution in [0.2, 0.25) is 0 Å². The fourth-order valence-electron chi connectivity index (χ4n) is 2.83. The lowest BCUT2D eigenvalue weighted by Gasteiger charge is -2.22. The van der Waals surface area contributed by atoms with E-state index >= 15 is 0 Å². The molecule has 2 aromatic carbocycles.